The van der Waals surface area contributed by atoms with Gasteiger partial charge in [0.2, 0.25) is 0 Å². The van der Waals surface area contributed by atoms with Crippen molar-refractivity contribution in [2.24, 2.45) is 0 Å². The molecule has 0 spiro atoms. The molecule has 2 N–H and O–H groups in total. The molecule has 6 heteroatoms. The molecule has 0 saturated heterocycles. The minimum absolute atomic E-state index is 0.0360. The smallest absolute Gasteiger partial charge is 0.318 e. The molecule has 2 aromatic rings. The van der Waals surface area contributed by atoms with E-state index < -0.39 is 0 Å². The van der Waals surface area contributed by atoms with Crippen LogP contribution in [0.1, 0.15) is 34.2 Å². The largest absolute Gasteiger partial charge is 0.395 e. The molecule has 1 aromatic carbocycles. The Balaban J connectivity index is 1.71. The molecule has 1 unspecified atom stereocenters. The monoisotopic (exact) mass is 331 g/mol. The highest BCUT2D eigenvalue weighted by Gasteiger charge is 2.30. The van der Waals surface area contributed by atoms with Crippen LogP contribution in [-0.4, -0.2) is 34.2 Å². The first-order valence-electron chi connectivity index (χ1n) is 7.82. The summed E-state index contributed by atoms with van der Waals surface area (Å²) < 4.78 is 0. The number of carbonyl (C=O) groups excluding carboxylic acids is 1. The summed E-state index contributed by atoms with van der Waals surface area (Å²) in [5.74, 6) is 0. The van der Waals surface area contributed by atoms with Gasteiger partial charge in [-0.2, -0.15) is 0 Å². The van der Waals surface area contributed by atoms with Crippen LogP contribution in [0, 0.1) is 6.92 Å². The first-order valence-corrected chi connectivity index (χ1v) is 8.70. The number of benzene rings is 1. The van der Waals surface area contributed by atoms with Gasteiger partial charge in [0.05, 0.1) is 30.4 Å². The number of hydrogen-bond donors (Lipinski definition) is 2. The lowest BCUT2D eigenvalue weighted by atomic mass is 10.1. The van der Waals surface area contributed by atoms with Crippen LogP contribution in [-0.2, 0) is 13.0 Å². The van der Waals surface area contributed by atoms with Gasteiger partial charge in [-0.3, -0.25) is 0 Å². The Kier molecular flexibility index (Phi) is 4.93. The van der Waals surface area contributed by atoms with Crippen LogP contribution in [0.2, 0.25) is 0 Å². The maximum atomic E-state index is 12.6. The molecular weight excluding hydrogens is 310 g/mol. The normalized spacial score (nSPS) is 16.2. The molecule has 1 aliphatic rings. The third-order valence-electron chi connectivity index (χ3n) is 4.32. The van der Waals surface area contributed by atoms with Crippen LogP contribution in [0.4, 0.5) is 4.79 Å². The van der Waals surface area contributed by atoms with Gasteiger partial charge in [0.1, 0.15) is 0 Å². The van der Waals surface area contributed by atoms with Crippen LogP contribution in [0.15, 0.2) is 29.8 Å². The van der Waals surface area contributed by atoms with Crippen LogP contribution >= 0.6 is 11.3 Å². The third kappa shape index (κ3) is 3.38. The predicted octanol–water partition coefficient (Wildman–Crippen LogP) is 2.64. The molecule has 2 amide bonds. The summed E-state index contributed by atoms with van der Waals surface area (Å²) in [5.41, 5.74) is 5.24. The Morgan fingerprint density at radius 2 is 2.30 bits per heavy atom. The van der Waals surface area contributed by atoms with Gasteiger partial charge in [-0.1, -0.05) is 24.3 Å². The van der Waals surface area contributed by atoms with Gasteiger partial charge >= 0.3 is 6.03 Å². The van der Waals surface area contributed by atoms with E-state index >= 15 is 0 Å². The molecule has 1 aromatic heterocycles. The molecule has 23 heavy (non-hydrogen) atoms. The van der Waals surface area contributed by atoms with Crippen molar-refractivity contribution in [3.63, 3.8) is 0 Å². The topological polar surface area (TPSA) is 65.5 Å². The lowest BCUT2D eigenvalue weighted by Gasteiger charge is -2.29. The third-order valence-corrected chi connectivity index (χ3v) is 5.26. The lowest BCUT2D eigenvalue weighted by Crippen LogP contribution is -2.42. The lowest BCUT2D eigenvalue weighted by molar-refractivity contribution is 0.151. The molecule has 0 aliphatic heterocycles. The van der Waals surface area contributed by atoms with Crippen molar-refractivity contribution in [1.82, 2.24) is 15.2 Å². The zero-order valence-corrected chi connectivity index (χ0v) is 14.0. The first kappa shape index (κ1) is 16.0. The van der Waals surface area contributed by atoms with Crippen molar-refractivity contribution >= 4 is 17.4 Å². The molecule has 0 radical (unpaired) electrons. The van der Waals surface area contributed by atoms with E-state index in [1.165, 1.54) is 11.1 Å². The summed E-state index contributed by atoms with van der Waals surface area (Å²) in [6.07, 6.45) is 1.89. The van der Waals surface area contributed by atoms with E-state index in [9.17, 15) is 9.90 Å². The highest BCUT2D eigenvalue weighted by atomic mass is 32.1. The van der Waals surface area contributed by atoms with Crippen LogP contribution in [0.5, 0.6) is 0 Å². The van der Waals surface area contributed by atoms with Gasteiger partial charge in [0.15, 0.2) is 0 Å². The Bertz CT molecular complexity index is 686. The van der Waals surface area contributed by atoms with Crippen molar-refractivity contribution in [3.8, 4) is 0 Å². The van der Waals surface area contributed by atoms with Crippen LogP contribution in [0.25, 0.3) is 0 Å². The number of hydrogen-bond acceptors (Lipinski definition) is 4. The van der Waals surface area contributed by atoms with Crippen molar-refractivity contribution < 1.29 is 9.90 Å². The molecule has 0 bridgehead atoms. The number of aliphatic hydroxyl groups excluding tert-OH is 1. The van der Waals surface area contributed by atoms with Gasteiger partial charge in [0, 0.05) is 11.4 Å². The second-order valence-electron chi connectivity index (χ2n) is 5.69. The van der Waals surface area contributed by atoms with Crippen molar-refractivity contribution in [3.05, 3.63) is 51.5 Å². The Morgan fingerprint density at radius 3 is 3.04 bits per heavy atom. The van der Waals surface area contributed by atoms with Gasteiger partial charge in [-0.25, -0.2) is 9.78 Å². The number of urea groups is 1. The van der Waals surface area contributed by atoms with Crippen molar-refractivity contribution in [2.45, 2.75) is 32.4 Å². The molecular formula is C17H21N3O2S. The van der Waals surface area contributed by atoms with E-state index in [0.29, 0.717) is 13.1 Å². The molecule has 0 fully saturated rings. The number of carbonyl (C=O) groups is 1. The number of rotatable bonds is 5. The van der Waals surface area contributed by atoms with E-state index in [2.05, 4.69) is 22.4 Å². The fourth-order valence-corrected chi connectivity index (χ4v) is 3.84. The predicted molar refractivity (Wildman–Crippen MR) is 90.4 cm³/mol. The molecule has 1 aliphatic carbocycles. The average Bonchev–Trinajstić information content (AvgIpc) is 3.16. The minimum atomic E-state index is -0.131. The summed E-state index contributed by atoms with van der Waals surface area (Å²) in [7, 11) is 0. The number of fused-ring (bicyclic) bond motifs is 1. The number of thiazole rings is 1. The number of aryl methyl sites for hydroxylation is 2. The average molecular weight is 331 g/mol. The zero-order chi connectivity index (χ0) is 16.2. The zero-order valence-electron chi connectivity index (χ0n) is 13.2. The minimum Gasteiger partial charge on any atom is -0.395 e. The van der Waals surface area contributed by atoms with E-state index in [1.807, 2.05) is 19.1 Å². The standard InChI is InChI=1S/C17H21N3O2S/c1-12-16(23-11-19-12)10-18-17(22)20(8-9-21)15-7-6-13-4-2-3-5-14(13)15/h2-5,11,15,21H,6-10H2,1H3,(H,18,22). The van der Waals surface area contributed by atoms with E-state index in [1.54, 1.807) is 21.7 Å². The van der Waals surface area contributed by atoms with Gasteiger partial charge < -0.3 is 15.3 Å². The maximum Gasteiger partial charge on any atom is 0.318 e. The molecule has 122 valence electrons. The molecule has 0 saturated carbocycles. The quantitative estimate of drug-likeness (QED) is 0.885. The SMILES string of the molecule is Cc1ncsc1CNC(=O)N(CCO)C1CCc2ccccc21. The number of aromatic nitrogens is 1. The van der Waals surface area contributed by atoms with Gasteiger partial charge in [-0.15, -0.1) is 11.3 Å². The van der Waals surface area contributed by atoms with Gasteiger partial charge in [0.25, 0.3) is 0 Å². The van der Waals surface area contributed by atoms with Crippen LogP contribution < -0.4 is 5.32 Å². The van der Waals surface area contributed by atoms with E-state index in [4.69, 9.17) is 0 Å². The summed E-state index contributed by atoms with van der Waals surface area (Å²) in [6.45, 7) is 2.72. The summed E-state index contributed by atoms with van der Waals surface area (Å²) in [5, 5.41) is 12.3. The Labute approximate surface area is 140 Å². The number of nitrogens with zero attached hydrogens (tertiary/aromatic N) is 2. The molecule has 1 heterocycles. The number of nitrogens with one attached hydrogen (secondary N) is 1. The Morgan fingerprint density at radius 1 is 1.48 bits per heavy atom. The summed E-state index contributed by atoms with van der Waals surface area (Å²) in [4.78, 5) is 19.6. The van der Waals surface area contributed by atoms with Crippen molar-refractivity contribution in [2.75, 3.05) is 13.2 Å². The maximum absolute atomic E-state index is 12.6. The van der Waals surface area contributed by atoms with E-state index in [-0.39, 0.29) is 18.7 Å². The number of amides is 2. The molecule has 5 nitrogen and oxygen atoms in total. The van der Waals surface area contributed by atoms with Crippen molar-refractivity contribution in [1.29, 1.82) is 0 Å². The first-order chi connectivity index (χ1) is 11.2. The van der Waals surface area contributed by atoms with Crippen LogP contribution in [0.3, 0.4) is 0 Å². The summed E-state index contributed by atoms with van der Waals surface area (Å²) >= 11 is 1.54. The fraction of sp³-hybridized carbons (Fsp3) is 0.412. The molecule has 3 rings (SSSR count). The van der Waals surface area contributed by atoms with E-state index in [0.717, 1.165) is 23.4 Å². The second kappa shape index (κ2) is 7.10. The summed E-state index contributed by atoms with van der Waals surface area (Å²) in [6, 6.07) is 8.15. The second-order valence-corrected chi connectivity index (χ2v) is 6.63. The highest BCUT2D eigenvalue weighted by molar-refractivity contribution is 7.09. The molecule has 1 atom stereocenters. The Hall–Kier alpha value is -1.92. The van der Waals surface area contributed by atoms with Gasteiger partial charge in [-0.05, 0) is 30.9 Å². The number of aliphatic hydroxyl groups is 1. The highest BCUT2D eigenvalue weighted by Crippen LogP contribution is 2.35. The fourth-order valence-electron chi connectivity index (χ4n) is 3.12.